The third-order valence-electron chi connectivity index (χ3n) is 16.3. The predicted molar refractivity (Wildman–Crippen MR) is 346 cm³/mol. The summed E-state index contributed by atoms with van der Waals surface area (Å²) in [7, 11) is 0. The maximum absolute atomic E-state index is 7.23. The van der Waals surface area contributed by atoms with Gasteiger partial charge in [0, 0.05) is 71.9 Å². The molecular weight excluding hydrogens is 1010 g/mol. The molecule has 5 nitrogen and oxygen atoms in total. The second-order valence-electron chi connectivity index (χ2n) is 21.2. The van der Waals surface area contributed by atoms with Crippen LogP contribution in [0, 0.1) is 0 Å². The summed E-state index contributed by atoms with van der Waals surface area (Å²) < 4.78 is 16.8. The van der Waals surface area contributed by atoms with E-state index in [0.29, 0.717) is 0 Å². The molecule has 0 N–H and O–H groups in total. The fraction of sp³-hybridized carbons (Fsp3) is 0. The van der Waals surface area contributed by atoms with Gasteiger partial charge in [0.25, 0.3) is 0 Å². The van der Waals surface area contributed by atoms with Crippen LogP contribution < -0.4 is 9.80 Å². The van der Waals surface area contributed by atoms with Crippen molar-refractivity contribution in [3.8, 4) is 50.2 Å². The van der Waals surface area contributed by atoms with Crippen LogP contribution in [0.3, 0.4) is 0 Å². The van der Waals surface area contributed by atoms with Gasteiger partial charge in [0.05, 0.1) is 22.4 Å². The van der Waals surface area contributed by atoms with Crippen LogP contribution in [-0.2, 0) is 0 Å². The Morgan fingerprint density at radius 2 is 0.627 bits per heavy atom. The average Bonchev–Trinajstić information content (AvgIpc) is 3.96. The first-order valence-electron chi connectivity index (χ1n) is 28.2. The fourth-order valence-electron chi connectivity index (χ4n) is 12.6. The maximum Gasteiger partial charge on any atom is 0.159 e. The monoisotopic (exact) mass is 1060 g/mol. The van der Waals surface area contributed by atoms with Crippen LogP contribution in [-0.4, -0.2) is 4.57 Å². The third kappa shape index (κ3) is 8.16. The van der Waals surface area contributed by atoms with Gasteiger partial charge in [0.1, 0.15) is 11.2 Å². The summed E-state index contributed by atoms with van der Waals surface area (Å²) in [5.74, 6) is 0. The predicted octanol–water partition coefficient (Wildman–Crippen LogP) is 22.2. The molecular formula is C78H51N3O2. The van der Waals surface area contributed by atoms with Gasteiger partial charge in [-0.1, -0.05) is 224 Å². The Kier molecular flexibility index (Phi) is 11.5. The van der Waals surface area contributed by atoms with E-state index in [4.69, 9.17) is 8.83 Å². The van der Waals surface area contributed by atoms with Gasteiger partial charge >= 0.3 is 0 Å². The van der Waals surface area contributed by atoms with E-state index in [2.05, 4.69) is 324 Å². The molecule has 16 aromatic rings. The lowest BCUT2D eigenvalue weighted by molar-refractivity contribution is 0.670. The van der Waals surface area contributed by atoms with Crippen molar-refractivity contribution in [1.29, 1.82) is 0 Å². The normalized spacial score (nSPS) is 11.6. The zero-order valence-electron chi connectivity index (χ0n) is 45.1. The highest BCUT2D eigenvalue weighted by atomic mass is 16.3. The molecule has 0 aliphatic carbocycles. The minimum Gasteiger partial charge on any atom is -0.453 e. The highest BCUT2D eigenvalue weighted by Gasteiger charge is 2.26. The quantitative estimate of drug-likeness (QED) is 0.129. The van der Waals surface area contributed by atoms with E-state index in [1.807, 2.05) is 0 Å². The highest BCUT2D eigenvalue weighted by Crippen LogP contribution is 2.50. The number of hydrogen-bond donors (Lipinski definition) is 0. The number of rotatable bonds is 11. The molecule has 0 bridgehead atoms. The van der Waals surface area contributed by atoms with Crippen LogP contribution >= 0.6 is 0 Å². The second-order valence-corrected chi connectivity index (χ2v) is 21.2. The molecule has 0 aliphatic heterocycles. The van der Waals surface area contributed by atoms with E-state index < -0.39 is 0 Å². The topological polar surface area (TPSA) is 37.7 Å². The van der Waals surface area contributed by atoms with Crippen molar-refractivity contribution in [3.63, 3.8) is 0 Å². The zero-order chi connectivity index (χ0) is 54.8. The number of para-hydroxylation sites is 8. The van der Waals surface area contributed by atoms with Crippen molar-refractivity contribution in [2.75, 3.05) is 9.80 Å². The van der Waals surface area contributed by atoms with Gasteiger partial charge in [0.2, 0.25) is 0 Å². The van der Waals surface area contributed by atoms with Crippen LogP contribution in [0.2, 0.25) is 0 Å². The first-order valence-corrected chi connectivity index (χ1v) is 28.2. The largest absolute Gasteiger partial charge is 0.453 e. The van der Waals surface area contributed by atoms with Gasteiger partial charge in [0.15, 0.2) is 11.2 Å². The fourth-order valence-corrected chi connectivity index (χ4v) is 12.6. The number of nitrogens with zero attached hydrogens (tertiary/aromatic N) is 3. The lowest BCUT2D eigenvalue weighted by Gasteiger charge is -2.30. The van der Waals surface area contributed by atoms with Gasteiger partial charge in [-0.05, 0) is 118 Å². The molecule has 0 fully saturated rings. The lowest BCUT2D eigenvalue weighted by Crippen LogP contribution is -2.14. The molecule has 0 amide bonds. The minimum atomic E-state index is 0.799. The van der Waals surface area contributed by atoms with Gasteiger partial charge in [-0.25, -0.2) is 0 Å². The summed E-state index contributed by atoms with van der Waals surface area (Å²) in [6.07, 6.45) is 0. The molecule has 5 heteroatoms. The Bertz CT molecular complexity index is 4870. The summed E-state index contributed by atoms with van der Waals surface area (Å²) in [5.41, 5.74) is 21.1. The number of furan rings is 2. The van der Waals surface area contributed by atoms with E-state index >= 15 is 0 Å². The first-order chi connectivity index (χ1) is 41.2. The Balaban J connectivity index is 0.941. The molecule has 3 aromatic heterocycles. The van der Waals surface area contributed by atoms with Crippen LogP contribution in [0.4, 0.5) is 34.1 Å². The standard InChI is InChI=1S/C78H51N3O2/c1-6-23-52(24-7-1)63-36-19-38-67-69-40-21-43-72(77(69)82-75(63)67)79(58-29-10-3-11-30-58)61-48-57(55-28-18-27-54(47-55)56-45-46-66-65-35-16-17-42-71(65)81(74(66)50-56)60-33-14-5-15-34-60)49-62(51-61)80(59-31-12-4-13-32-59)73-44-22-41-70-68-39-20-37-64(76(68)83-78(70)73)53-25-8-2-9-26-53/h1-51H. The van der Waals surface area contributed by atoms with Crippen LogP contribution in [0.1, 0.15) is 0 Å². The van der Waals surface area contributed by atoms with Crippen molar-refractivity contribution in [2.45, 2.75) is 0 Å². The summed E-state index contributed by atoms with van der Waals surface area (Å²) in [5, 5.41) is 6.66. The van der Waals surface area contributed by atoms with Crippen LogP contribution in [0.15, 0.2) is 318 Å². The Morgan fingerprint density at radius 1 is 0.229 bits per heavy atom. The van der Waals surface area contributed by atoms with Crippen molar-refractivity contribution >= 4 is 99.8 Å². The van der Waals surface area contributed by atoms with Gasteiger partial charge in [-0.2, -0.15) is 0 Å². The van der Waals surface area contributed by atoms with E-state index in [9.17, 15) is 0 Å². The molecule has 83 heavy (non-hydrogen) atoms. The molecule has 0 atom stereocenters. The number of anilines is 6. The summed E-state index contributed by atoms with van der Waals surface area (Å²) >= 11 is 0. The van der Waals surface area contributed by atoms with Crippen molar-refractivity contribution in [3.05, 3.63) is 309 Å². The number of fused-ring (bicyclic) bond motifs is 9. The van der Waals surface area contributed by atoms with E-state index in [1.54, 1.807) is 0 Å². The van der Waals surface area contributed by atoms with Gasteiger partial charge in [-0.15, -0.1) is 0 Å². The molecule has 0 unspecified atom stereocenters. The SMILES string of the molecule is c1ccc(-c2cccc3c2oc2c(N(c4ccccc4)c4cc(-c5cccc(-c6ccc7c8ccccc8n(-c8ccccc8)c7c6)c5)cc(N(c5ccccc5)c5cccc6c5oc5c(-c7ccccc7)cccc56)c4)cccc23)cc1. The molecule has 13 aromatic carbocycles. The molecule has 16 rings (SSSR count). The average molecular weight is 1060 g/mol. The van der Waals surface area contributed by atoms with Crippen molar-refractivity contribution in [1.82, 2.24) is 4.57 Å². The zero-order valence-corrected chi connectivity index (χ0v) is 45.1. The summed E-state index contributed by atoms with van der Waals surface area (Å²) in [4.78, 5) is 4.72. The van der Waals surface area contributed by atoms with E-state index in [1.165, 1.54) is 16.3 Å². The Hall–Kier alpha value is -11.1. The second kappa shape index (κ2) is 19.9. The molecule has 0 aliphatic rings. The smallest absolute Gasteiger partial charge is 0.159 e. The van der Waals surface area contributed by atoms with E-state index in [0.717, 1.165) is 134 Å². The number of benzene rings is 13. The molecule has 0 saturated heterocycles. The molecule has 0 radical (unpaired) electrons. The third-order valence-corrected chi connectivity index (χ3v) is 16.3. The minimum absolute atomic E-state index is 0.799. The van der Waals surface area contributed by atoms with E-state index in [-0.39, 0.29) is 0 Å². The highest BCUT2D eigenvalue weighted by molar-refractivity contribution is 6.16. The summed E-state index contributed by atoms with van der Waals surface area (Å²) in [6, 6.07) is 111. The van der Waals surface area contributed by atoms with Crippen LogP contribution in [0.25, 0.3) is 116 Å². The maximum atomic E-state index is 7.23. The molecule has 0 saturated carbocycles. The lowest BCUT2D eigenvalue weighted by atomic mass is 9.97. The Labute approximate surface area is 480 Å². The van der Waals surface area contributed by atoms with Gasteiger partial charge in [-0.3, -0.25) is 0 Å². The number of hydrogen-bond acceptors (Lipinski definition) is 4. The number of aromatic nitrogens is 1. The molecule has 0 spiro atoms. The first kappa shape index (κ1) is 47.8. The molecule has 390 valence electrons. The summed E-state index contributed by atoms with van der Waals surface area (Å²) in [6.45, 7) is 0. The van der Waals surface area contributed by atoms with Crippen LogP contribution in [0.5, 0.6) is 0 Å². The molecule has 3 heterocycles. The van der Waals surface area contributed by atoms with Crippen molar-refractivity contribution in [2.24, 2.45) is 0 Å². The van der Waals surface area contributed by atoms with Gasteiger partial charge < -0.3 is 23.2 Å². The van der Waals surface area contributed by atoms with Crippen molar-refractivity contribution < 1.29 is 8.83 Å². The Morgan fingerprint density at radius 3 is 1.17 bits per heavy atom.